The molecule has 0 spiro atoms. The van der Waals surface area contributed by atoms with Crippen molar-refractivity contribution in [1.82, 2.24) is 10.2 Å². The van der Waals surface area contributed by atoms with Crippen LogP contribution in [0.2, 0.25) is 5.02 Å². The Morgan fingerprint density at radius 2 is 1.65 bits per heavy atom. The van der Waals surface area contributed by atoms with Crippen LogP contribution < -0.4 is 5.32 Å². The minimum absolute atomic E-state index is 0.0952. The second-order valence-electron chi connectivity index (χ2n) is 8.69. The van der Waals surface area contributed by atoms with Gasteiger partial charge in [-0.2, -0.15) is 0 Å². The molecular formula is C28H30ClFN2O2. The fourth-order valence-corrected chi connectivity index (χ4v) is 4.09. The largest absolute Gasteiger partial charge is 0.352 e. The van der Waals surface area contributed by atoms with E-state index in [1.165, 1.54) is 12.1 Å². The standard InChI is InChI=1S/C28H30ClFN2O2/c1-19(2)31-28(34)26(16-21-11-5-4-6-12-21)32(18-22-13-8-7-10-20(22)3)27(33)17-23-24(29)14-9-15-25(23)30/h4-15,19,26H,16-18H2,1-3H3,(H,31,34)/t26-/m1/s1. The number of aryl methyl sites for hydroxylation is 1. The van der Waals surface area contributed by atoms with Crippen LogP contribution in [0.25, 0.3) is 0 Å². The zero-order chi connectivity index (χ0) is 24.7. The van der Waals surface area contributed by atoms with Crippen LogP contribution >= 0.6 is 11.6 Å². The van der Waals surface area contributed by atoms with Crippen LogP contribution in [0.4, 0.5) is 4.39 Å². The van der Waals surface area contributed by atoms with E-state index in [-0.39, 0.29) is 41.4 Å². The van der Waals surface area contributed by atoms with Crippen molar-refractivity contribution in [3.8, 4) is 0 Å². The molecule has 0 saturated heterocycles. The Hall–Kier alpha value is -3.18. The molecule has 0 unspecified atom stereocenters. The molecule has 6 heteroatoms. The molecule has 0 heterocycles. The highest BCUT2D eigenvalue weighted by atomic mass is 35.5. The summed E-state index contributed by atoms with van der Waals surface area (Å²) in [5, 5.41) is 3.14. The lowest BCUT2D eigenvalue weighted by Gasteiger charge is -2.32. The van der Waals surface area contributed by atoms with Crippen molar-refractivity contribution in [1.29, 1.82) is 0 Å². The minimum Gasteiger partial charge on any atom is -0.352 e. The first-order valence-corrected chi connectivity index (χ1v) is 11.7. The molecule has 3 rings (SSSR count). The van der Waals surface area contributed by atoms with Crippen molar-refractivity contribution < 1.29 is 14.0 Å². The zero-order valence-electron chi connectivity index (χ0n) is 19.7. The molecule has 1 atom stereocenters. The Morgan fingerprint density at radius 3 is 2.29 bits per heavy atom. The number of benzene rings is 3. The molecule has 0 saturated carbocycles. The van der Waals surface area contributed by atoms with Crippen LogP contribution in [-0.2, 0) is 29.0 Å². The Kier molecular flexibility index (Phi) is 8.83. The minimum atomic E-state index is -0.776. The third-order valence-corrected chi connectivity index (χ3v) is 6.05. The average molecular weight is 481 g/mol. The topological polar surface area (TPSA) is 49.4 Å². The van der Waals surface area contributed by atoms with E-state index in [2.05, 4.69) is 5.32 Å². The van der Waals surface area contributed by atoms with Gasteiger partial charge in [0.25, 0.3) is 0 Å². The number of hydrogen-bond donors (Lipinski definition) is 1. The number of nitrogens with zero attached hydrogens (tertiary/aromatic N) is 1. The van der Waals surface area contributed by atoms with Gasteiger partial charge < -0.3 is 10.2 Å². The van der Waals surface area contributed by atoms with Gasteiger partial charge in [-0.3, -0.25) is 9.59 Å². The van der Waals surface area contributed by atoms with Crippen LogP contribution in [0, 0.1) is 12.7 Å². The number of halogens is 2. The molecule has 0 aliphatic heterocycles. The van der Waals surface area contributed by atoms with E-state index in [0.717, 1.165) is 16.7 Å². The van der Waals surface area contributed by atoms with Gasteiger partial charge in [-0.15, -0.1) is 0 Å². The highest BCUT2D eigenvalue weighted by molar-refractivity contribution is 6.31. The summed E-state index contributed by atoms with van der Waals surface area (Å²) >= 11 is 6.21. The quantitative estimate of drug-likeness (QED) is 0.440. The van der Waals surface area contributed by atoms with E-state index in [0.29, 0.717) is 6.42 Å². The first kappa shape index (κ1) is 25.4. The van der Waals surface area contributed by atoms with Crippen LogP contribution in [-0.4, -0.2) is 28.8 Å². The van der Waals surface area contributed by atoms with Gasteiger partial charge in [0, 0.05) is 29.6 Å². The van der Waals surface area contributed by atoms with E-state index in [4.69, 9.17) is 11.6 Å². The van der Waals surface area contributed by atoms with Crippen molar-refractivity contribution in [3.05, 3.63) is 106 Å². The van der Waals surface area contributed by atoms with Crippen molar-refractivity contribution in [2.45, 2.75) is 52.2 Å². The van der Waals surface area contributed by atoms with E-state index in [9.17, 15) is 14.0 Å². The number of hydrogen-bond acceptors (Lipinski definition) is 2. The third kappa shape index (κ3) is 6.67. The first-order valence-electron chi connectivity index (χ1n) is 11.4. The van der Waals surface area contributed by atoms with Gasteiger partial charge in [0.15, 0.2) is 0 Å². The maximum Gasteiger partial charge on any atom is 0.243 e. The van der Waals surface area contributed by atoms with Crippen LogP contribution in [0.15, 0.2) is 72.8 Å². The lowest BCUT2D eigenvalue weighted by molar-refractivity contribution is -0.141. The van der Waals surface area contributed by atoms with Gasteiger partial charge in [-0.05, 0) is 49.6 Å². The number of carbonyl (C=O) groups is 2. The summed E-state index contributed by atoms with van der Waals surface area (Å²) in [6.07, 6.45) is 0.0969. The fourth-order valence-electron chi connectivity index (χ4n) is 3.86. The molecule has 0 aliphatic rings. The first-order chi connectivity index (χ1) is 16.3. The number of nitrogens with one attached hydrogen (secondary N) is 1. The summed E-state index contributed by atoms with van der Waals surface area (Å²) in [4.78, 5) is 28.6. The molecule has 0 fully saturated rings. The molecule has 2 amide bonds. The molecular weight excluding hydrogens is 451 g/mol. The Balaban J connectivity index is 2.02. The van der Waals surface area contributed by atoms with E-state index in [1.807, 2.05) is 75.4 Å². The SMILES string of the molecule is Cc1ccccc1CN(C(=O)Cc1c(F)cccc1Cl)[C@H](Cc1ccccc1)C(=O)NC(C)C. The van der Waals surface area contributed by atoms with Crippen LogP contribution in [0.1, 0.15) is 36.1 Å². The zero-order valence-corrected chi connectivity index (χ0v) is 20.5. The Morgan fingerprint density at radius 1 is 0.971 bits per heavy atom. The van der Waals surface area contributed by atoms with Crippen LogP contribution in [0.5, 0.6) is 0 Å². The Labute approximate surface area is 205 Å². The van der Waals surface area contributed by atoms with Gasteiger partial charge >= 0.3 is 0 Å². The maximum atomic E-state index is 14.5. The summed E-state index contributed by atoms with van der Waals surface area (Å²) in [5.41, 5.74) is 2.99. The normalized spacial score (nSPS) is 11.8. The Bertz CT molecular complexity index is 1110. The highest BCUT2D eigenvalue weighted by Crippen LogP contribution is 2.23. The van der Waals surface area contributed by atoms with Crippen molar-refractivity contribution in [3.63, 3.8) is 0 Å². The molecule has 0 bridgehead atoms. The van der Waals surface area contributed by atoms with Gasteiger partial charge in [-0.1, -0.05) is 72.3 Å². The number of carbonyl (C=O) groups excluding carboxylic acids is 2. The van der Waals surface area contributed by atoms with E-state index >= 15 is 0 Å². The molecule has 3 aromatic rings. The summed E-state index contributed by atoms with van der Waals surface area (Å²) in [6.45, 7) is 5.95. The average Bonchev–Trinajstić information content (AvgIpc) is 2.80. The molecule has 4 nitrogen and oxygen atoms in total. The van der Waals surface area contributed by atoms with Gasteiger partial charge in [0.1, 0.15) is 11.9 Å². The van der Waals surface area contributed by atoms with Crippen LogP contribution in [0.3, 0.4) is 0 Å². The van der Waals surface area contributed by atoms with Crippen molar-refractivity contribution in [2.24, 2.45) is 0 Å². The highest BCUT2D eigenvalue weighted by Gasteiger charge is 2.31. The van der Waals surface area contributed by atoms with Gasteiger partial charge in [0.2, 0.25) is 11.8 Å². The third-order valence-electron chi connectivity index (χ3n) is 5.69. The number of amides is 2. The molecule has 178 valence electrons. The molecule has 3 aromatic carbocycles. The van der Waals surface area contributed by atoms with Gasteiger partial charge in [0.05, 0.1) is 6.42 Å². The predicted octanol–water partition coefficient (Wildman–Crippen LogP) is 5.49. The summed E-state index contributed by atoms with van der Waals surface area (Å²) < 4.78 is 14.5. The van der Waals surface area contributed by atoms with Crippen molar-refractivity contribution in [2.75, 3.05) is 0 Å². The molecule has 1 N–H and O–H groups in total. The van der Waals surface area contributed by atoms with E-state index < -0.39 is 11.9 Å². The maximum absolute atomic E-state index is 14.5. The summed E-state index contributed by atoms with van der Waals surface area (Å²) in [6, 6.07) is 20.8. The summed E-state index contributed by atoms with van der Waals surface area (Å²) in [5.74, 6) is -1.15. The second-order valence-corrected chi connectivity index (χ2v) is 9.10. The lowest BCUT2D eigenvalue weighted by atomic mass is 10.00. The molecule has 34 heavy (non-hydrogen) atoms. The van der Waals surface area contributed by atoms with Crippen molar-refractivity contribution >= 4 is 23.4 Å². The summed E-state index contributed by atoms with van der Waals surface area (Å²) in [7, 11) is 0. The smallest absolute Gasteiger partial charge is 0.243 e. The van der Waals surface area contributed by atoms with Gasteiger partial charge in [-0.25, -0.2) is 4.39 Å². The monoisotopic (exact) mass is 480 g/mol. The fraction of sp³-hybridized carbons (Fsp3) is 0.286. The molecule has 0 radical (unpaired) electrons. The second kappa shape index (κ2) is 11.8. The molecule has 0 aromatic heterocycles. The molecule has 0 aliphatic carbocycles. The predicted molar refractivity (Wildman–Crippen MR) is 134 cm³/mol. The lowest BCUT2D eigenvalue weighted by Crippen LogP contribution is -2.52. The van der Waals surface area contributed by atoms with E-state index in [1.54, 1.807) is 11.0 Å². The number of rotatable bonds is 9.